The summed E-state index contributed by atoms with van der Waals surface area (Å²) in [5.41, 5.74) is -0.0954. The fourth-order valence-electron chi connectivity index (χ4n) is 3.19. The summed E-state index contributed by atoms with van der Waals surface area (Å²) in [6, 6.07) is 5.33. The molecule has 1 fully saturated rings. The van der Waals surface area contributed by atoms with Gasteiger partial charge in [0.15, 0.2) is 5.96 Å². The number of guanidine groups is 1. The highest BCUT2D eigenvalue weighted by Gasteiger charge is 2.30. The average molecular weight is 400 g/mol. The Balaban J connectivity index is 1.80. The third-order valence-corrected chi connectivity index (χ3v) is 4.77. The van der Waals surface area contributed by atoms with Gasteiger partial charge in [-0.2, -0.15) is 13.2 Å². The molecule has 2 N–H and O–H groups in total. The number of alkyl halides is 3. The molecule has 1 aliphatic rings. The van der Waals surface area contributed by atoms with Crippen LogP contribution in [0, 0.1) is 0 Å². The molecule has 0 aliphatic carbocycles. The zero-order valence-corrected chi connectivity index (χ0v) is 16.9. The highest BCUT2D eigenvalue weighted by Crippen LogP contribution is 2.29. The third-order valence-electron chi connectivity index (χ3n) is 4.77. The Bertz CT molecular complexity index is 618. The van der Waals surface area contributed by atoms with E-state index in [-0.39, 0.29) is 6.54 Å². The van der Waals surface area contributed by atoms with Gasteiger partial charge >= 0.3 is 6.18 Å². The molecule has 0 saturated carbocycles. The second kappa shape index (κ2) is 11.3. The van der Waals surface area contributed by atoms with Crippen molar-refractivity contribution in [2.24, 2.45) is 4.99 Å². The summed E-state index contributed by atoms with van der Waals surface area (Å²) in [6.45, 7) is 9.18. The summed E-state index contributed by atoms with van der Waals surface area (Å²) in [5, 5.41) is 6.43. The van der Waals surface area contributed by atoms with E-state index in [0.29, 0.717) is 18.1 Å². The molecule has 158 valence electrons. The van der Waals surface area contributed by atoms with E-state index in [1.165, 1.54) is 12.5 Å². The van der Waals surface area contributed by atoms with Crippen LogP contribution < -0.4 is 10.6 Å². The van der Waals surface area contributed by atoms with E-state index in [1.807, 2.05) is 6.92 Å². The maximum Gasteiger partial charge on any atom is 0.416 e. The van der Waals surface area contributed by atoms with Crippen molar-refractivity contribution in [2.45, 2.75) is 32.5 Å². The fourth-order valence-corrected chi connectivity index (χ4v) is 3.19. The van der Waals surface area contributed by atoms with E-state index in [4.69, 9.17) is 0 Å². The van der Waals surface area contributed by atoms with Gasteiger partial charge in [-0.05, 0) is 64.1 Å². The van der Waals surface area contributed by atoms with Crippen LogP contribution in [0.5, 0.6) is 0 Å². The molecule has 28 heavy (non-hydrogen) atoms. The quantitative estimate of drug-likeness (QED) is 0.420. The minimum atomic E-state index is -4.33. The van der Waals surface area contributed by atoms with Crippen molar-refractivity contribution >= 4 is 5.96 Å². The van der Waals surface area contributed by atoms with Crippen LogP contribution in [0.1, 0.15) is 30.9 Å². The van der Waals surface area contributed by atoms with E-state index in [9.17, 15) is 13.2 Å². The van der Waals surface area contributed by atoms with Crippen molar-refractivity contribution < 1.29 is 13.2 Å². The molecular weight excluding hydrogens is 367 g/mol. The summed E-state index contributed by atoms with van der Waals surface area (Å²) in [7, 11) is 2.16. The molecule has 1 aromatic rings. The van der Waals surface area contributed by atoms with E-state index in [2.05, 4.69) is 32.5 Å². The molecule has 0 aromatic heterocycles. The van der Waals surface area contributed by atoms with Crippen LogP contribution in [0.2, 0.25) is 0 Å². The van der Waals surface area contributed by atoms with Gasteiger partial charge in [0.25, 0.3) is 0 Å². The predicted octanol–water partition coefficient (Wildman–Crippen LogP) is 2.79. The molecule has 1 heterocycles. The second-order valence-corrected chi connectivity index (χ2v) is 7.17. The Kier molecular flexibility index (Phi) is 9.05. The van der Waals surface area contributed by atoms with Crippen molar-refractivity contribution in [3.8, 4) is 0 Å². The zero-order chi connectivity index (χ0) is 20.4. The van der Waals surface area contributed by atoms with Crippen molar-refractivity contribution in [3.05, 3.63) is 35.4 Å². The number of rotatable bonds is 7. The molecule has 5 nitrogen and oxygen atoms in total. The van der Waals surface area contributed by atoms with Gasteiger partial charge in [0, 0.05) is 26.2 Å². The summed E-state index contributed by atoms with van der Waals surface area (Å²) in [5.74, 6) is 0.635. The first-order valence-corrected chi connectivity index (χ1v) is 9.97. The van der Waals surface area contributed by atoms with Gasteiger partial charge in [-0.3, -0.25) is 0 Å². The fraction of sp³-hybridized carbons (Fsp3) is 0.650. The molecule has 8 heteroatoms. The van der Waals surface area contributed by atoms with Gasteiger partial charge in [-0.25, -0.2) is 4.99 Å². The van der Waals surface area contributed by atoms with Crippen LogP contribution in [-0.4, -0.2) is 68.6 Å². The topological polar surface area (TPSA) is 42.9 Å². The normalized spacial score (nSPS) is 17.4. The van der Waals surface area contributed by atoms with Gasteiger partial charge in [0.2, 0.25) is 0 Å². The van der Waals surface area contributed by atoms with Gasteiger partial charge in [0.05, 0.1) is 12.1 Å². The Morgan fingerprint density at radius 3 is 2.71 bits per heavy atom. The van der Waals surface area contributed by atoms with Crippen LogP contribution in [0.25, 0.3) is 0 Å². The predicted molar refractivity (Wildman–Crippen MR) is 107 cm³/mol. The first-order chi connectivity index (χ1) is 13.4. The van der Waals surface area contributed by atoms with Crippen LogP contribution in [0.4, 0.5) is 13.2 Å². The molecule has 0 atom stereocenters. The molecule has 0 bridgehead atoms. The smallest absolute Gasteiger partial charge is 0.357 e. The molecular formula is C20H32F3N5. The van der Waals surface area contributed by atoms with Gasteiger partial charge in [-0.1, -0.05) is 12.1 Å². The van der Waals surface area contributed by atoms with Gasteiger partial charge in [0.1, 0.15) is 0 Å². The molecule has 0 amide bonds. The number of hydrogen-bond donors (Lipinski definition) is 2. The number of nitrogens with zero attached hydrogens (tertiary/aromatic N) is 3. The van der Waals surface area contributed by atoms with Gasteiger partial charge < -0.3 is 20.4 Å². The van der Waals surface area contributed by atoms with Crippen molar-refractivity contribution in [1.82, 2.24) is 20.4 Å². The lowest BCUT2D eigenvalue weighted by molar-refractivity contribution is -0.137. The highest BCUT2D eigenvalue weighted by molar-refractivity contribution is 5.79. The minimum absolute atomic E-state index is 0.206. The summed E-state index contributed by atoms with van der Waals surface area (Å²) < 4.78 is 38.5. The third kappa shape index (κ3) is 8.06. The van der Waals surface area contributed by atoms with E-state index in [0.717, 1.165) is 57.8 Å². The first-order valence-electron chi connectivity index (χ1n) is 9.97. The number of aliphatic imine (C=N–C) groups is 1. The molecule has 0 unspecified atom stereocenters. The molecule has 1 saturated heterocycles. The second-order valence-electron chi connectivity index (χ2n) is 7.17. The van der Waals surface area contributed by atoms with Crippen molar-refractivity contribution in [2.75, 3.05) is 52.9 Å². The van der Waals surface area contributed by atoms with Crippen LogP contribution in [-0.2, 0) is 12.7 Å². The average Bonchev–Trinajstić information content (AvgIpc) is 2.87. The largest absolute Gasteiger partial charge is 0.416 e. The van der Waals surface area contributed by atoms with E-state index in [1.54, 1.807) is 6.07 Å². The number of hydrogen-bond acceptors (Lipinski definition) is 3. The Labute approximate surface area is 166 Å². The molecule has 1 aromatic carbocycles. The standard InChI is InChI=1S/C20H32F3N5/c1-3-24-19(25-9-5-11-28-12-6-10-27(2)13-14-28)26-16-17-7-4-8-18(15-17)20(21,22)23/h4,7-8,15H,3,5-6,9-14,16H2,1-2H3,(H2,24,25,26). The lowest BCUT2D eigenvalue weighted by Gasteiger charge is -2.20. The lowest BCUT2D eigenvalue weighted by Crippen LogP contribution is -2.39. The summed E-state index contributed by atoms with van der Waals surface area (Å²) in [4.78, 5) is 9.27. The summed E-state index contributed by atoms with van der Waals surface area (Å²) >= 11 is 0. The minimum Gasteiger partial charge on any atom is -0.357 e. The number of halogens is 3. The van der Waals surface area contributed by atoms with E-state index >= 15 is 0 Å². The number of benzene rings is 1. The number of nitrogens with one attached hydrogen (secondary N) is 2. The highest BCUT2D eigenvalue weighted by atomic mass is 19.4. The first kappa shape index (κ1) is 22.5. The number of likely N-dealkylation sites (N-methyl/N-ethyl adjacent to an activating group) is 1. The summed E-state index contributed by atoms with van der Waals surface area (Å²) in [6.07, 6.45) is -2.13. The van der Waals surface area contributed by atoms with Crippen molar-refractivity contribution in [3.63, 3.8) is 0 Å². The van der Waals surface area contributed by atoms with Crippen LogP contribution in [0.15, 0.2) is 29.3 Å². The van der Waals surface area contributed by atoms with E-state index < -0.39 is 11.7 Å². The molecule has 0 spiro atoms. The van der Waals surface area contributed by atoms with Crippen LogP contribution in [0.3, 0.4) is 0 Å². The van der Waals surface area contributed by atoms with Gasteiger partial charge in [-0.15, -0.1) is 0 Å². The Morgan fingerprint density at radius 2 is 1.96 bits per heavy atom. The molecule has 1 aliphatic heterocycles. The Morgan fingerprint density at radius 1 is 1.14 bits per heavy atom. The molecule has 2 rings (SSSR count). The van der Waals surface area contributed by atoms with Crippen LogP contribution >= 0.6 is 0 Å². The maximum absolute atomic E-state index is 12.8. The molecule has 0 radical (unpaired) electrons. The van der Waals surface area contributed by atoms with Crippen molar-refractivity contribution in [1.29, 1.82) is 0 Å². The zero-order valence-electron chi connectivity index (χ0n) is 16.9. The monoisotopic (exact) mass is 399 g/mol. The SMILES string of the molecule is CCNC(=NCc1cccc(C(F)(F)F)c1)NCCCN1CCCN(C)CC1. The lowest BCUT2D eigenvalue weighted by atomic mass is 10.1. The maximum atomic E-state index is 12.8. The Hall–Kier alpha value is -1.80.